The zero-order chi connectivity index (χ0) is 10.2. The number of hydrogen-bond acceptors (Lipinski definition) is 2. The predicted octanol–water partition coefficient (Wildman–Crippen LogP) is -0.312. The lowest BCUT2D eigenvalue weighted by Crippen LogP contribution is -3.00. The van der Waals surface area contributed by atoms with Crippen molar-refractivity contribution in [3.05, 3.63) is 0 Å². The van der Waals surface area contributed by atoms with E-state index in [9.17, 15) is 0 Å². The van der Waals surface area contributed by atoms with Crippen LogP contribution in [0.1, 0.15) is 20.8 Å². The molecule has 0 saturated carbocycles. The Hall–Kier alpha value is 0.830. The Bertz CT molecular complexity index is 110. The molecule has 0 saturated heterocycles. The minimum Gasteiger partial charge on any atom is -1.00 e. The van der Waals surface area contributed by atoms with Gasteiger partial charge in [-0.05, 0) is 20.8 Å². The Labute approximate surface area is 99.8 Å². The molecule has 4 heteroatoms. The highest BCUT2D eigenvalue weighted by molar-refractivity contribution is 7.75. The van der Waals surface area contributed by atoms with Crippen LogP contribution in [0.25, 0.3) is 0 Å². The molecule has 0 bridgehead atoms. The molecule has 0 spiro atoms. The fourth-order valence-corrected chi connectivity index (χ4v) is 3.75. The van der Waals surface area contributed by atoms with E-state index >= 15 is 0 Å². The van der Waals surface area contributed by atoms with Gasteiger partial charge in [0.05, 0.1) is 31.7 Å². The van der Waals surface area contributed by atoms with Gasteiger partial charge in [-0.25, -0.2) is 0 Å². The van der Waals surface area contributed by atoms with Crippen molar-refractivity contribution in [2.24, 2.45) is 0 Å². The molecule has 0 N–H and O–H groups in total. The summed E-state index contributed by atoms with van der Waals surface area (Å²) in [5.74, 6) is 0. The highest BCUT2D eigenvalue weighted by Gasteiger charge is 2.31. The minimum atomic E-state index is -0.757. The summed E-state index contributed by atoms with van der Waals surface area (Å²) >= 11 is 0. The maximum absolute atomic E-state index is 5.64. The minimum absolute atomic E-state index is 0. The molecule has 2 nitrogen and oxygen atoms in total. The van der Waals surface area contributed by atoms with Crippen LogP contribution in [0, 0.1) is 0 Å². The van der Waals surface area contributed by atoms with Gasteiger partial charge in [0.2, 0.25) is 0 Å². The first-order chi connectivity index (χ1) is 6.24. The molecule has 0 aromatic heterocycles. The van der Waals surface area contributed by atoms with Gasteiger partial charge < -0.3 is 26.5 Å². The summed E-state index contributed by atoms with van der Waals surface area (Å²) in [6.45, 7) is 8.34. The van der Waals surface area contributed by atoms with E-state index in [1.165, 1.54) is 18.5 Å². The van der Waals surface area contributed by atoms with Crippen LogP contribution in [0.3, 0.4) is 0 Å². The summed E-state index contributed by atoms with van der Waals surface area (Å²) in [6, 6.07) is 0. The van der Waals surface area contributed by atoms with Gasteiger partial charge in [0.15, 0.2) is 6.35 Å². The Morgan fingerprint density at radius 1 is 0.929 bits per heavy atom. The van der Waals surface area contributed by atoms with Crippen molar-refractivity contribution >= 4 is 7.26 Å². The lowest BCUT2D eigenvalue weighted by atomic mass is 10.8. The molecule has 0 aliphatic heterocycles. The van der Waals surface area contributed by atoms with Crippen LogP contribution < -0.4 is 17.0 Å². The Morgan fingerprint density at radius 2 is 1.43 bits per heavy atom. The monoisotopic (exact) mass is 286 g/mol. The smallest absolute Gasteiger partial charge is 0.157 e. The van der Waals surface area contributed by atoms with Crippen molar-refractivity contribution in [3.8, 4) is 0 Å². The molecule has 0 amide bonds. The van der Waals surface area contributed by atoms with E-state index in [0.717, 1.165) is 19.6 Å². The first-order valence-electron chi connectivity index (χ1n) is 5.16. The summed E-state index contributed by atoms with van der Waals surface area (Å²) in [4.78, 5) is 0. The predicted molar refractivity (Wildman–Crippen MR) is 61.2 cm³/mol. The SMILES string of the molecule is CC[P+](CC)(CC)COCCOC.[Br-]. The maximum atomic E-state index is 5.64. The van der Waals surface area contributed by atoms with Gasteiger partial charge in [-0.1, -0.05) is 0 Å². The van der Waals surface area contributed by atoms with E-state index in [4.69, 9.17) is 9.47 Å². The summed E-state index contributed by atoms with van der Waals surface area (Å²) in [7, 11) is 0.957. The van der Waals surface area contributed by atoms with Gasteiger partial charge in [0.25, 0.3) is 0 Å². The molecule has 0 heterocycles. The average Bonchev–Trinajstić information content (AvgIpc) is 2.20. The fourth-order valence-electron chi connectivity index (χ4n) is 1.35. The van der Waals surface area contributed by atoms with E-state index in [2.05, 4.69) is 20.8 Å². The molecule has 0 rings (SSSR count). The quantitative estimate of drug-likeness (QED) is 0.450. The van der Waals surface area contributed by atoms with E-state index in [1.54, 1.807) is 7.11 Å². The zero-order valence-corrected chi connectivity index (χ0v) is 12.4. The molecule has 0 aromatic carbocycles. The van der Waals surface area contributed by atoms with Crippen LogP contribution in [0.2, 0.25) is 0 Å². The van der Waals surface area contributed by atoms with Gasteiger partial charge in [0, 0.05) is 14.4 Å². The number of hydrogen-bond donors (Lipinski definition) is 0. The number of ether oxygens (including phenoxy) is 2. The molecule has 0 atom stereocenters. The van der Waals surface area contributed by atoms with E-state index in [1.807, 2.05) is 0 Å². The summed E-state index contributed by atoms with van der Waals surface area (Å²) in [5, 5.41) is 0. The van der Waals surface area contributed by atoms with Crippen LogP contribution in [0.4, 0.5) is 0 Å². The summed E-state index contributed by atoms with van der Waals surface area (Å²) in [5.41, 5.74) is 0. The lowest BCUT2D eigenvalue weighted by molar-refractivity contribution is -0.00000352. The molecule has 0 unspecified atom stereocenters. The largest absolute Gasteiger partial charge is 1.00 e. The topological polar surface area (TPSA) is 18.5 Å². The van der Waals surface area contributed by atoms with Crippen LogP contribution in [-0.4, -0.2) is 45.2 Å². The molecule has 0 fully saturated rings. The second kappa shape index (κ2) is 10.4. The second-order valence-corrected chi connectivity index (χ2v) is 8.16. The van der Waals surface area contributed by atoms with Crippen LogP contribution >= 0.6 is 7.26 Å². The van der Waals surface area contributed by atoms with E-state index in [0.29, 0.717) is 0 Å². The Morgan fingerprint density at radius 3 is 1.79 bits per heavy atom. The molecular formula is C10H24BrO2P. The van der Waals surface area contributed by atoms with Crippen molar-refractivity contribution in [2.75, 3.05) is 45.2 Å². The highest BCUT2D eigenvalue weighted by atomic mass is 79.9. The number of halogens is 1. The number of rotatable bonds is 8. The normalized spacial score (nSPS) is 11.1. The number of methoxy groups -OCH3 is 1. The first-order valence-corrected chi connectivity index (χ1v) is 7.69. The van der Waals surface area contributed by atoms with Gasteiger partial charge in [0.1, 0.15) is 0 Å². The third-order valence-corrected chi connectivity index (χ3v) is 7.56. The van der Waals surface area contributed by atoms with Crippen LogP contribution in [0.5, 0.6) is 0 Å². The third-order valence-electron chi connectivity index (χ3n) is 2.81. The fraction of sp³-hybridized carbons (Fsp3) is 1.00. The Kier molecular flexibility index (Phi) is 12.7. The highest BCUT2D eigenvalue weighted by Crippen LogP contribution is 2.57. The van der Waals surface area contributed by atoms with Gasteiger partial charge in [-0.3, -0.25) is 0 Å². The molecule has 0 aromatic rings. The summed E-state index contributed by atoms with van der Waals surface area (Å²) < 4.78 is 10.6. The van der Waals surface area contributed by atoms with Crippen molar-refractivity contribution < 1.29 is 26.5 Å². The van der Waals surface area contributed by atoms with Crippen LogP contribution in [-0.2, 0) is 9.47 Å². The second-order valence-electron chi connectivity index (χ2n) is 3.32. The van der Waals surface area contributed by atoms with Gasteiger partial charge in [-0.2, -0.15) is 0 Å². The van der Waals surface area contributed by atoms with Gasteiger partial charge in [-0.15, -0.1) is 0 Å². The van der Waals surface area contributed by atoms with Crippen LogP contribution in [0.15, 0.2) is 0 Å². The van der Waals surface area contributed by atoms with Crippen molar-refractivity contribution in [3.63, 3.8) is 0 Å². The average molecular weight is 287 g/mol. The molecule has 88 valence electrons. The zero-order valence-electron chi connectivity index (χ0n) is 9.88. The van der Waals surface area contributed by atoms with Crippen molar-refractivity contribution in [2.45, 2.75) is 20.8 Å². The van der Waals surface area contributed by atoms with Gasteiger partial charge >= 0.3 is 0 Å². The van der Waals surface area contributed by atoms with E-state index in [-0.39, 0.29) is 17.0 Å². The molecule has 0 radical (unpaired) electrons. The first kappa shape index (κ1) is 17.2. The molecule has 14 heavy (non-hydrogen) atoms. The summed E-state index contributed by atoms with van der Waals surface area (Å²) in [6.07, 6.45) is 4.92. The maximum Gasteiger partial charge on any atom is 0.157 e. The standard InChI is InChI=1S/C10H24O2P.BrH/c1-5-13(6-2,7-3)10-12-9-8-11-4;/h5-10H2,1-4H3;1H/q+1;/p-1. The van der Waals surface area contributed by atoms with Crippen molar-refractivity contribution in [1.82, 2.24) is 0 Å². The molecular weight excluding hydrogens is 263 g/mol. The Balaban J connectivity index is 0. The molecule has 0 aliphatic carbocycles. The molecule has 0 aliphatic rings. The van der Waals surface area contributed by atoms with Crippen molar-refractivity contribution in [1.29, 1.82) is 0 Å². The lowest BCUT2D eigenvalue weighted by Gasteiger charge is -2.22. The van der Waals surface area contributed by atoms with E-state index < -0.39 is 7.26 Å². The third kappa shape index (κ3) is 6.34.